The van der Waals surface area contributed by atoms with Gasteiger partial charge in [-0.25, -0.2) is 0 Å². The third-order valence-electron chi connectivity index (χ3n) is 2.87. The van der Waals surface area contributed by atoms with Crippen molar-refractivity contribution in [1.29, 1.82) is 0 Å². The van der Waals surface area contributed by atoms with E-state index in [0.29, 0.717) is 11.7 Å². The molecule has 114 valence electrons. The Balaban J connectivity index is 2.38. The molecule has 0 saturated carbocycles. The Morgan fingerprint density at radius 3 is 2.00 bits per heavy atom. The molecule has 0 aliphatic carbocycles. The van der Waals surface area contributed by atoms with Crippen LogP contribution in [0.15, 0.2) is 24.3 Å². The van der Waals surface area contributed by atoms with Gasteiger partial charge < -0.3 is 4.74 Å². The Kier molecular flexibility index (Phi) is 5.36. The third kappa shape index (κ3) is 4.65. The molecule has 0 fully saturated rings. The van der Waals surface area contributed by atoms with E-state index in [1.807, 2.05) is 26.0 Å². The molecule has 0 saturated heterocycles. The Hall–Kier alpha value is -1.33. The number of ether oxygens (including phenoxy) is 1. The van der Waals surface area contributed by atoms with E-state index >= 15 is 0 Å². The van der Waals surface area contributed by atoms with Crippen LogP contribution in [0.1, 0.15) is 38.2 Å². The van der Waals surface area contributed by atoms with Crippen molar-refractivity contribution < 1.29 is 26.7 Å². The van der Waals surface area contributed by atoms with Crippen LogP contribution in [0.5, 0.6) is 5.75 Å². The molecule has 0 unspecified atom stereocenters. The lowest BCUT2D eigenvalue weighted by atomic mass is 10.0. The van der Waals surface area contributed by atoms with E-state index in [1.165, 1.54) is 0 Å². The number of benzene rings is 1. The summed E-state index contributed by atoms with van der Waals surface area (Å²) in [5.41, 5.74) is 1.10. The van der Waals surface area contributed by atoms with E-state index in [0.717, 1.165) is 5.56 Å². The van der Waals surface area contributed by atoms with Crippen molar-refractivity contribution in [2.24, 2.45) is 0 Å². The summed E-state index contributed by atoms with van der Waals surface area (Å²) in [6.07, 6.45) is -7.12. The molecule has 0 spiro atoms. The molecule has 1 aromatic carbocycles. The zero-order valence-electron chi connectivity index (χ0n) is 11.3. The Labute approximate surface area is 114 Å². The Morgan fingerprint density at radius 1 is 1.00 bits per heavy atom. The van der Waals surface area contributed by atoms with Crippen molar-refractivity contribution in [3.63, 3.8) is 0 Å². The average molecular weight is 296 g/mol. The topological polar surface area (TPSA) is 9.23 Å². The standard InChI is InChI=1S/C14H17F5O/c1-10(2)11-4-6-12(7-5-11)20-9-3-8-13(15,16)14(17,18)19/h4-7,10H,3,8-9H2,1-2H3. The fraction of sp³-hybridized carbons (Fsp3) is 0.571. The normalized spacial score (nSPS) is 12.8. The van der Waals surface area contributed by atoms with Gasteiger partial charge in [-0.3, -0.25) is 0 Å². The number of hydrogen-bond donors (Lipinski definition) is 0. The second-order valence-electron chi connectivity index (χ2n) is 4.88. The summed E-state index contributed by atoms with van der Waals surface area (Å²) in [4.78, 5) is 0. The highest BCUT2D eigenvalue weighted by Gasteiger charge is 2.56. The minimum atomic E-state index is -5.49. The minimum absolute atomic E-state index is 0.174. The predicted molar refractivity (Wildman–Crippen MR) is 66.3 cm³/mol. The zero-order chi connectivity index (χ0) is 15.4. The van der Waals surface area contributed by atoms with Gasteiger partial charge in [0.2, 0.25) is 0 Å². The molecular formula is C14H17F5O. The molecule has 20 heavy (non-hydrogen) atoms. The van der Waals surface area contributed by atoms with Gasteiger partial charge in [-0.15, -0.1) is 0 Å². The lowest BCUT2D eigenvalue weighted by Gasteiger charge is -2.19. The number of alkyl halides is 5. The van der Waals surface area contributed by atoms with Gasteiger partial charge in [0.15, 0.2) is 0 Å². The van der Waals surface area contributed by atoms with Gasteiger partial charge >= 0.3 is 12.1 Å². The minimum Gasteiger partial charge on any atom is -0.494 e. The van der Waals surface area contributed by atoms with Gasteiger partial charge in [0.1, 0.15) is 5.75 Å². The fourth-order valence-electron chi connectivity index (χ4n) is 1.57. The van der Waals surface area contributed by atoms with E-state index < -0.39 is 18.5 Å². The lowest BCUT2D eigenvalue weighted by Crippen LogP contribution is -2.36. The first-order valence-electron chi connectivity index (χ1n) is 6.31. The third-order valence-corrected chi connectivity index (χ3v) is 2.87. The quantitative estimate of drug-likeness (QED) is 0.520. The first-order chi connectivity index (χ1) is 9.13. The van der Waals surface area contributed by atoms with Crippen molar-refractivity contribution in [2.75, 3.05) is 6.61 Å². The summed E-state index contributed by atoms with van der Waals surface area (Å²) in [7, 11) is 0. The molecule has 0 atom stereocenters. The van der Waals surface area contributed by atoms with Crippen LogP contribution in [0.2, 0.25) is 0 Å². The first kappa shape index (κ1) is 16.7. The van der Waals surface area contributed by atoms with Crippen LogP contribution in [0.25, 0.3) is 0 Å². The first-order valence-corrected chi connectivity index (χ1v) is 6.31. The summed E-state index contributed by atoms with van der Waals surface area (Å²) in [5.74, 6) is -3.84. The molecule has 0 radical (unpaired) electrons. The predicted octanol–water partition coefficient (Wildman–Crippen LogP) is 5.17. The molecular weight excluding hydrogens is 279 g/mol. The maximum atomic E-state index is 12.6. The van der Waals surface area contributed by atoms with Gasteiger partial charge in [-0.2, -0.15) is 22.0 Å². The van der Waals surface area contributed by atoms with Crippen LogP contribution >= 0.6 is 0 Å². The van der Waals surface area contributed by atoms with Gasteiger partial charge in [-0.05, 0) is 30.0 Å². The zero-order valence-corrected chi connectivity index (χ0v) is 11.3. The molecule has 1 rings (SSSR count). The van der Waals surface area contributed by atoms with E-state index in [2.05, 4.69) is 0 Å². The molecule has 0 aromatic heterocycles. The molecule has 1 nitrogen and oxygen atoms in total. The summed E-state index contributed by atoms with van der Waals surface area (Å²) in [5, 5.41) is 0. The monoisotopic (exact) mass is 296 g/mol. The van der Waals surface area contributed by atoms with E-state index in [9.17, 15) is 22.0 Å². The number of rotatable bonds is 6. The van der Waals surface area contributed by atoms with Crippen LogP contribution in [0, 0.1) is 0 Å². The van der Waals surface area contributed by atoms with Gasteiger partial charge in [0.25, 0.3) is 0 Å². The van der Waals surface area contributed by atoms with Crippen molar-refractivity contribution in [3.8, 4) is 5.75 Å². The summed E-state index contributed by atoms with van der Waals surface area (Å²) < 4.78 is 66.1. The Morgan fingerprint density at radius 2 is 1.55 bits per heavy atom. The second kappa shape index (κ2) is 6.41. The highest BCUT2D eigenvalue weighted by Crippen LogP contribution is 2.38. The number of hydrogen-bond acceptors (Lipinski definition) is 1. The van der Waals surface area contributed by atoms with Crippen molar-refractivity contribution in [2.45, 2.75) is 44.7 Å². The average Bonchev–Trinajstić information content (AvgIpc) is 2.34. The molecule has 6 heteroatoms. The van der Waals surface area contributed by atoms with Crippen molar-refractivity contribution >= 4 is 0 Å². The van der Waals surface area contributed by atoms with E-state index in [-0.39, 0.29) is 13.0 Å². The smallest absolute Gasteiger partial charge is 0.453 e. The molecule has 0 aliphatic heterocycles. The molecule has 0 heterocycles. The van der Waals surface area contributed by atoms with Crippen LogP contribution in [0.3, 0.4) is 0 Å². The maximum Gasteiger partial charge on any atom is 0.453 e. The lowest BCUT2D eigenvalue weighted by molar-refractivity contribution is -0.284. The highest BCUT2D eigenvalue weighted by atomic mass is 19.4. The summed E-state index contributed by atoms with van der Waals surface area (Å²) >= 11 is 0. The van der Waals surface area contributed by atoms with Crippen molar-refractivity contribution in [3.05, 3.63) is 29.8 Å². The second-order valence-corrected chi connectivity index (χ2v) is 4.88. The van der Waals surface area contributed by atoms with Crippen LogP contribution in [-0.4, -0.2) is 18.7 Å². The highest BCUT2D eigenvalue weighted by molar-refractivity contribution is 5.28. The SMILES string of the molecule is CC(C)c1ccc(OCCCC(F)(F)C(F)(F)F)cc1. The molecule has 0 N–H and O–H groups in total. The molecule has 0 amide bonds. The van der Waals surface area contributed by atoms with Gasteiger partial charge in [0.05, 0.1) is 6.61 Å². The molecule has 0 bridgehead atoms. The van der Waals surface area contributed by atoms with Gasteiger partial charge in [-0.1, -0.05) is 26.0 Å². The van der Waals surface area contributed by atoms with Crippen molar-refractivity contribution in [1.82, 2.24) is 0 Å². The summed E-state index contributed by atoms with van der Waals surface area (Å²) in [6.45, 7) is 3.87. The molecule has 0 aliphatic rings. The maximum absolute atomic E-state index is 12.6. The van der Waals surface area contributed by atoms with Crippen LogP contribution in [-0.2, 0) is 0 Å². The summed E-state index contributed by atoms with van der Waals surface area (Å²) in [6, 6.07) is 7.03. The largest absolute Gasteiger partial charge is 0.494 e. The van der Waals surface area contributed by atoms with Crippen LogP contribution in [0.4, 0.5) is 22.0 Å². The fourth-order valence-corrected chi connectivity index (χ4v) is 1.57. The number of halogens is 5. The Bertz CT molecular complexity index is 409. The van der Waals surface area contributed by atoms with E-state index in [1.54, 1.807) is 12.1 Å². The van der Waals surface area contributed by atoms with Gasteiger partial charge in [0, 0.05) is 6.42 Å². The molecule has 1 aromatic rings. The van der Waals surface area contributed by atoms with E-state index in [4.69, 9.17) is 4.74 Å². The van der Waals surface area contributed by atoms with Crippen LogP contribution < -0.4 is 4.74 Å².